The molecule has 38 heavy (non-hydrogen) atoms. The van der Waals surface area contributed by atoms with E-state index in [4.69, 9.17) is 4.74 Å². The number of carboxylic acids is 1. The maximum absolute atomic E-state index is 15.4. The van der Waals surface area contributed by atoms with Gasteiger partial charge in [0.15, 0.2) is 6.23 Å². The van der Waals surface area contributed by atoms with Gasteiger partial charge in [-0.1, -0.05) is 0 Å². The Labute approximate surface area is 218 Å². The standard InChI is InChI=1S/C29H28F2N4O3/c1-29(2)17-33(23-11-6-18(28(36)37)13-22(23)31)25-15-24-19(16-32-35(24)27-5-3-4-12-38-27)14-26(25)34(29)21-9-7-20(30)8-10-21/h6-11,13-16,27H,3-5,12,17H2,1-2H3,(H,36,37). The Morgan fingerprint density at radius 1 is 1.03 bits per heavy atom. The van der Waals surface area contributed by atoms with Gasteiger partial charge in [-0.05, 0) is 87.7 Å². The van der Waals surface area contributed by atoms with Crippen molar-refractivity contribution in [1.82, 2.24) is 9.78 Å². The first-order valence-electron chi connectivity index (χ1n) is 12.7. The van der Waals surface area contributed by atoms with Crippen molar-refractivity contribution in [3.8, 4) is 0 Å². The van der Waals surface area contributed by atoms with E-state index in [2.05, 4.69) is 10.00 Å². The number of aromatic carboxylic acids is 1. The number of rotatable bonds is 4. The first kappa shape index (κ1) is 24.4. The van der Waals surface area contributed by atoms with Crippen molar-refractivity contribution in [2.75, 3.05) is 23.0 Å². The molecule has 4 aromatic rings. The summed E-state index contributed by atoms with van der Waals surface area (Å²) >= 11 is 0. The number of anilines is 4. The Morgan fingerprint density at radius 3 is 2.50 bits per heavy atom. The van der Waals surface area contributed by atoms with Crippen LogP contribution in [0, 0.1) is 11.6 Å². The summed E-state index contributed by atoms with van der Waals surface area (Å²) in [6.45, 7) is 5.15. The molecule has 2 aliphatic rings. The van der Waals surface area contributed by atoms with Crippen LogP contribution in [0.2, 0.25) is 0 Å². The summed E-state index contributed by atoms with van der Waals surface area (Å²) in [4.78, 5) is 15.5. The molecule has 7 nitrogen and oxygen atoms in total. The molecule has 1 N–H and O–H groups in total. The molecule has 3 aromatic carbocycles. The fraction of sp³-hybridized carbons (Fsp3) is 0.310. The summed E-state index contributed by atoms with van der Waals surface area (Å²) in [7, 11) is 0. The van der Waals surface area contributed by atoms with Crippen LogP contribution < -0.4 is 9.80 Å². The van der Waals surface area contributed by atoms with Crippen molar-refractivity contribution in [3.05, 3.63) is 78.0 Å². The van der Waals surface area contributed by atoms with Gasteiger partial charge in [-0.3, -0.25) is 0 Å². The molecule has 1 aromatic heterocycles. The fourth-order valence-corrected chi connectivity index (χ4v) is 5.63. The Morgan fingerprint density at radius 2 is 1.82 bits per heavy atom. The number of carbonyl (C=O) groups is 1. The fourth-order valence-electron chi connectivity index (χ4n) is 5.63. The summed E-state index contributed by atoms with van der Waals surface area (Å²) < 4.78 is 37.1. The van der Waals surface area contributed by atoms with E-state index in [1.165, 1.54) is 24.3 Å². The third-order valence-electron chi connectivity index (χ3n) is 7.37. The van der Waals surface area contributed by atoms with Crippen molar-refractivity contribution in [3.63, 3.8) is 0 Å². The van der Waals surface area contributed by atoms with Gasteiger partial charge >= 0.3 is 5.97 Å². The molecule has 9 heteroatoms. The Balaban J connectivity index is 1.56. The molecule has 1 unspecified atom stereocenters. The second kappa shape index (κ2) is 9.09. The predicted molar refractivity (Wildman–Crippen MR) is 142 cm³/mol. The first-order valence-corrected chi connectivity index (χ1v) is 12.7. The van der Waals surface area contributed by atoms with Crippen molar-refractivity contribution in [2.45, 2.75) is 44.9 Å². The summed E-state index contributed by atoms with van der Waals surface area (Å²) in [5, 5.41) is 14.9. The number of ether oxygens (including phenoxy) is 1. The summed E-state index contributed by atoms with van der Waals surface area (Å²) in [5.74, 6) is -2.13. The zero-order valence-corrected chi connectivity index (χ0v) is 21.2. The number of benzene rings is 3. The molecular weight excluding hydrogens is 490 g/mol. The average Bonchev–Trinajstić information content (AvgIpc) is 3.31. The predicted octanol–water partition coefficient (Wildman–Crippen LogP) is 6.78. The van der Waals surface area contributed by atoms with Gasteiger partial charge in [0.1, 0.15) is 11.6 Å². The highest BCUT2D eigenvalue weighted by Crippen LogP contribution is 2.49. The highest BCUT2D eigenvalue weighted by Gasteiger charge is 2.40. The summed E-state index contributed by atoms with van der Waals surface area (Å²) in [6, 6.07) is 14.3. The third-order valence-corrected chi connectivity index (χ3v) is 7.37. The minimum absolute atomic E-state index is 0.112. The van der Waals surface area contributed by atoms with Crippen LogP contribution in [0.4, 0.5) is 31.5 Å². The van der Waals surface area contributed by atoms with Gasteiger partial charge in [-0.25, -0.2) is 18.3 Å². The topological polar surface area (TPSA) is 70.8 Å². The molecular formula is C29H28F2N4O3. The first-order chi connectivity index (χ1) is 18.2. The molecule has 2 aliphatic heterocycles. The monoisotopic (exact) mass is 518 g/mol. The molecule has 1 fully saturated rings. The van der Waals surface area contributed by atoms with Crippen LogP contribution in [0.5, 0.6) is 0 Å². The van der Waals surface area contributed by atoms with Gasteiger partial charge in [0, 0.05) is 24.2 Å². The molecule has 1 saturated heterocycles. The second-order valence-corrected chi connectivity index (χ2v) is 10.5. The summed E-state index contributed by atoms with van der Waals surface area (Å²) in [6.07, 6.45) is 4.57. The van der Waals surface area contributed by atoms with Gasteiger partial charge in [-0.2, -0.15) is 5.10 Å². The molecule has 3 heterocycles. The van der Waals surface area contributed by atoms with Gasteiger partial charge in [-0.15, -0.1) is 0 Å². The zero-order chi connectivity index (χ0) is 26.6. The number of fused-ring (bicyclic) bond motifs is 2. The van der Waals surface area contributed by atoms with Crippen LogP contribution in [-0.4, -0.2) is 39.5 Å². The minimum atomic E-state index is -1.18. The van der Waals surface area contributed by atoms with E-state index in [9.17, 15) is 14.3 Å². The number of hydrogen-bond donors (Lipinski definition) is 1. The van der Waals surface area contributed by atoms with Crippen molar-refractivity contribution < 1.29 is 23.4 Å². The Kier molecular flexibility index (Phi) is 5.83. The van der Waals surface area contributed by atoms with Crippen LogP contribution >= 0.6 is 0 Å². The number of nitrogens with zero attached hydrogens (tertiary/aromatic N) is 4. The lowest BCUT2D eigenvalue weighted by atomic mass is 9.93. The highest BCUT2D eigenvalue weighted by atomic mass is 19.1. The van der Waals surface area contributed by atoms with Gasteiger partial charge in [0.05, 0.1) is 39.9 Å². The molecule has 0 spiro atoms. The largest absolute Gasteiger partial charge is 0.478 e. The van der Waals surface area contributed by atoms with E-state index in [1.807, 2.05) is 41.8 Å². The molecule has 0 aliphatic carbocycles. The maximum Gasteiger partial charge on any atom is 0.335 e. The van der Waals surface area contributed by atoms with Crippen LogP contribution in [0.25, 0.3) is 10.9 Å². The molecule has 0 saturated carbocycles. The van der Waals surface area contributed by atoms with E-state index >= 15 is 4.39 Å². The lowest BCUT2D eigenvalue weighted by Crippen LogP contribution is -2.52. The summed E-state index contributed by atoms with van der Waals surface area (Å²) in [5.41, 5.74) is 2.84. The maximum atomic E-state index is 15.4. The van der Waals surface area contributed by atoms with Crippen molar-refractivity contribution >= 4 is 39.6 Å². The third kappa shape index (κ3) is 4.07. The van der Waals surface area contributed by atoms with E-state index < -0.39 is 17.3 Å². The smallest absolute Gasteiger partial charge is 0.335 e. The number of carboxylic acid groups (broad SMARTS) is 1. The molecule has 0 radical (unpaired) electrons. The van der Waals surface area contributed by atoms with E-state index in [1.54, 1.807) is 12.1 Å². The molecule has 196 valence electrons. The molecule has 6 rings (SSSR count). The van der Waals surface area contributed by atoms with Crippen LogP contribution in [-0.2, 0) is 4.74 Å². The quantitative estimate of drug-likeness (QED) is 0.321. The van der Waals surface area contributed by atoms with Crippen LogP contribution in [0.3, 0.4) is 0 Å². The number of aromatic nitrogens is 2. The Hall–Kier alpha value is -3.98. The highest BCUT2D eigenvalue weighted by molar-refractivity contribution is 5.96. The normalized spacial score (nSPS) is 19.0. The van der Waals surface area contributed by atoms with Crippen molar-refractivity contribution in [2.24, 2.45) is 0 Å². The SMILES string of the molecule is CC1(C)CN(c2ccc(C(=O)O)cc2F)c2cc3c(cnn3C3CCCCO3)cc2N1c1ccc(F)cc1. The van der Waals surface area contributed by atoms with E-state index in [-0.39, 0.29) is 23.3 Å². The van der Waals surface area contributed by atoms with Gasteiger partial charge in [0.2, 0.25) is 0 Å². The van der Waals surface area contributed by atoms with E-state index in [0.717, 1.165) is 53.3 Å². The molecule has 1 atom stereocenters. The number of halogens is 2. The number of hydrogen-bond acceptors (Lipinski definition) is 5. The second-order valence-electron chi connectivity index (χ2n) is 10.5. The van der Waals surface area contributed by atoms with E-state index in [0.29, 0.717) is 13.2 Å². The molecule has 0 bridgehead atoms. The van der Waals surface area contributed by atoms with Gasteiger partial charge in [0.25, 0.3) is 0 Å². The van der Waals surface area contributed by atoms with Crippen LogP contribution in [0.15, 0.2) is 60.8 Å². The zero-order valence-electron chi connectivity index (χ0n) is 21.2. The molecule has 0 amide bonds. The average molecular weight is 519 g/mol. The van der Waals surface area contributed by atoms with Gasteiger partial charge < -0.3 is 19.6 Å². The van der Waals surface area contributed by atoms with Crippen LogP contribution in [0.1, 0.15) is 49.7 Å². The lowest BCUT2D eigenvalue weighted by Gasteiger charge is -2.50. The van der Waals surface area contributed by atoms with Crippen molar-refractivity contribution in [1.29, 1.82) is 0 Å². The lowest BCUT2D eigenvalue weighted by molar-refractivity contribution is -0.0366. The Bertz CT molecular complexity index is 1530. The minimum Gasteiger partial charge on any atom is -0.478 e.